The van der Waals surface area contributed by atoms with Gasteiger partial charge in [-0.3, -0.25) is 0 Å². The average Bonchev–Trinajstić information content (AvgIpc) is 2.33. The highest BCUT2D eigenvalue weighted by molar-refractivity contribution is 5.85. The van der Waals surface area contributed by atoms with Crippen LogP contribution >= 0.6 is 0 Å². The monoisotopic (exact) mass is 275 g/mol. The van der Waals surface area contributed by atoms with Gasteiger partial charge in [0.15, 0.2) is 0 Å². The van der Waals surface area contributed by atoms with E-state index in [2.05, 4.69) is 33.1 Å². The number of aromatic nitrogens is 1. The van der Waals surface area contributed by atoms with Crippen LogP contribution in [0.25, 0.3) is 10.9 Å². The summed E-state index contributed by atoms with van der Waals surface area (Å²) < 4.78 is 6.81. The first-order chi connectivity index (χ1) is 9.35. The molecule has 0 spiro atoms. The minimum Gasteiger partial charge on any atom is -0.493 e. The van der Waals surface area contributed by atoms with Gasteiger partial charge in [0.1, 0.15) is 5.75 Å². The Balaban J connectivity index is 2.14. The molecule has 4 nitrogen and oxygen atoms in total. The Morgan fingerprint density at radius 3 is 2.65 bits per heavy atom. The molecular weight excluding hydrogens is 252 g/mol. The van der Waals surface area contributed by atoms with Crippen LogP contribution < -0.4 is 4.74 Å². The minimum absolute atomic E-state index is 0.00189. The first-order valence-electron chi connectivity index (χ1n) is 6.87. The van der Waals surface area contributed by atoms with Crippen LogP contribution in [0.4, 0.5) is 0 Å². The second-order valence-corrected chi connectivity index (χ2v) is 6.38. The average molecular weight is 275 g/mol. The summed E-state index contributed by atoms with van der Waals surface area (Å²) in [7, 11) is 6.51. The largest absolute Gasteiger partial charge is 0.493 e. The molecule has 1 aromatic carbocycles. The van der Waals surface area contributed by atoms with Crippen molar-refractivity contribution in [3.8, 4) is 11.6 Å². The van der Waals surface area contributed by atoms with Crippen molar-refractivity contribution < 1.29 is 14.3 Å². The summed E-state index contributed by atoms with van der Waals surface area (Å²) in [5.41, 5.74) is 0.752. The maximum Gasteiger partial charge on any atom is 0.215 e. The zero-order valence-electron chi connectivity index (χ0n) is 12.6. The first-order valence-corrected chi connectivity index (χ1v) is 6.87. The van der Waals surface area contributed by atoms with Crippen molar-refractivity contribution in [3.63, 3.8) is 0 Å². The van der Waals surface area contributed by atoms with E-state index in [-0.39, 0.29) is 5.88 Å². The highest BCUT2D eigenvalue weighted by Crippen LogP contribution is 2.28. The van der Waals surface area contributed by atoms with E-state index in [0.717, 1.165) is 21.9 Å². The molecule has 1 heterocycles. The van der Waals surface area contributed by atoms with E-state index >= 15 is 0 Å². The Morgan fingerprint density at radius 2 is 1.95 bits per heavy atom. The second kappa shape index (κ2) is 5.67. The normalized spacial score (nSPS) is 13.4. The maximum absolute atomic E-state index is 9.67. The Morgan fingerprint density at radius 1 is 1.25 bits per heavy atom. The maximum atomic E-state index is 9.67. The molecule has 1 atom stereocenters. The third kappa shape index (κ3) is 3.84. The molecule has 0 amide bonds. The molecule has 2 aromatic rings. The summed E-state index contributed by atoms with van der Waals surface area (Å²) in [6, 6.07) is 9.27. The number of ether oxygens (including phenoxy) is 1. The van der Waals surface area contributed by atoms with Crippen LogP contribution in [-0.4, -0.2) is 48.9 Å². The molecule has 0 radical (unpaired) electrons. The van der Waals surface area contributed by atoms with Crippen LogP contribution in [0.1, 0.15) is 6.92 Å². The molecule has 0 bridgehead atoms. The molecule has 0 fully saturated rings. The number of rotatable bonds is 5. The third-order valence-electron chi connectivity index (χ3n) is 3.05. The smallest absolute Gasteiger partial charge is 0.215 e. The van der Waals surface area contributed by atoms with Gasteiger partial charge in [-0.2, -0.15) is 0 Å². The number of nitrogens with zero attached hydrogens (tertiary/aromatic N) is 2. The number of hydrogen-bond donors (Lipinski definition) is 1. The van der Waals surface area contributed by atoms with Gasteiger partial charge >= 0.3 is 0 Å². The molecule has 0 aliphatic carbocycles. The number of fused-ring (bicyclic) bond motifs is 1. The Labute approximate surface area is 120 Å². The quantitative estimate of drug-likeness (QED) is 0.853. The molecule has 4 heteroatoms. The van der Waals surface area contributed by atoms with Crippen molar-refractivity contribution in [3.05, 3.63) is 30.3 Å². The van der Waals surface area contributed by atoms with E-state index in [0.29, 0.717) is 18.3 Å². The number of para-hydroxylation sites is 1. The molecule has 2 rings (SSSR count). The molecule has 108 valence electrons. The fourth-order valence-corrected chi connectivity index (χ4v) is 2.47. The Bertz CT molecular complexity index is 591. The fourth-order valence-electron chi connectivity index (χ4n) is 2.47. The van der Waals surface area contributed by atoms with Crippen molar-refractivity contribution in [2.75, 3.05) is 34.3 Å². The van der Waals surface area contributed by atoms with E-state index in [9.17, 15) is 5.11 Å². The molecule has 0 saturated heterocycles. The van der Waals surface area contributed by atoms with Crippen LogP contribution in [0.2, 0.25) is 0 Å². The Kier molecular flexibility index (Phi) is 4.14. The molecule has 1 aromatic heterocycles. The van der Waals surface area contributed by atoms with Crippen molar-refractivity contribution in [2.24, 2.45) is 5.92 Å². The van der Waals surface area contributed by atoms with Gasteiger partial charge in [-0.15, -0.1) is 0 Å². The first kappa shape index (κ1) is 14.6. The Hall–Kier alpha value is -1.81. The number of pyridine rings is 1. The summed E-state index contributed by atoms with van der Waals surface area (Å²) in [6.45, 7) is 3.84. The fraction of sp³-hybridized carbons (Fsp3) is 0.438. The van der Waals surface area contributed by atoms with Crippen LogP contribution in [-0.2, 0) is 0 Å². The van der Waals surface area contributed by atoms with Gasteiger partial charge in [-0.25, -0.2) is 4.98 Å². The van der Waals surface area contributed by atoms with E-state index < -0.39 is 0 Å². The van der Waals surface area contributed by atoms with E-state index in [1.807, 2.05) is 24.3 Å². The number of hydrogen-bond acceptors (Lipinski definition) is 3. The van der Waals surface area contributed by atoms with Crippen LogP contribution in [0.15, 0.2) is 30.3 Å². The van der Waals surface area contributed by atoms with Gasteiger partial charge in [0.25, 0.3) is 0 Å². The molecule has 0 aliphatic rings. The van der Waals surface area contributed by atoms with E-state index in [1.54, 1.807) is 6.07 Å². The topological polar surface area (TPSA) is 42.4 Å². The SMILES string of the molecule is CC(COc1cc(O)nc2ccccc12)C[N+](C)(C)C. The zero-order chi connectivity index (χ0) is 14.8. The minimum atomic E-state index is -0.00189. The lowest BCUT2D eigenvalue weighted by molar-refractivity contribution is -0.873. The standard InChI is InChI=1S/C16H22N2O2/c1-12(10-18(2,3)4)11-20-15-9-16(19)17-14-8-6-5-7-13(14)15/h5-9,12H,10-11H2,1-4H3/p+1. The van der Waals surface area contributed by atoms with Crippen molar-refractivity contribution >= 4 is 10.9 Å². The highest BCUT2D eigenvalue weighted by Gasteiger charge is 2.15. The van der Waals surface area contributed by atoms with E-state index in [1.165, 1.54) is 0 Å². The van der Waals surface area contributed by atoms with Gasteiger partial charge in [0.2, 0.25) is 5.88 Å². The molecule has 1 N–H and O–H groups in total. The predicted octanol–water partition coefficient (Wildman–Crippen LogP) is 2.66. The van der Waals surface area contributed by atoms with Crippen molar-refractivity contribution in [2.45, 2.75) is 6.92 Å². The summed E-state index contributed by atoms with van der Waals surface area (Å²) in [5, 5.41) is 10.6. The molecular formula is C16H23N2O2+. The van der Waals surface area contributed by atoms with Crippen molar-refractivity contribution in [1.82, 2.24) is 4.98 Å². The number of quaternary nitrogens is 1. The van der Waals surface area contributed by atoms with Crippen LogP contribution in [0.3, 0.4) is 0 Å². The zero-order valence-corrected chi connectivity index (χ0v) is 12.6. The third-order valence-corrected chi connectivity index (χ3v) is 3.05. The molecule has 1 unspecified atom stereocenters. The molecule has 0 aliphatic heterocycles. The number of benzene rings is 1. The van der Waals surface area contributed by atoms with Gasteiger partial charge in [0.05, 0.1) is 39.8 Å². The lowest BCUT2D eigenvalue weighted by Crippen LogP contribution is -2.39. The van der Waals surface area contributed by atoms with Gasteiger partial charge in [0, 0.05) is 17.4 Å². The van der Waals surface area contributed by atoms with E-state index in [4.69, 9.17) is 4.74 Å². The summed E-state index contributed by atoms with van der Waals surface area (Å²) in [5.74, 6) is 1.13. The molecule has 0 saturated carbocycles. The van der Waals surface area contributed by atoms with Crippen molar-refractivity contribution in [1.29, 1.82) is 0 Å². The van der Waals surface area contributed by atoms with Crippen LogP contribution in [0, 0.1) is 5.92 Å². The van der Waals surface area contributed by atoms with Gasteiger partial charge < -0.3 is 14.3 Å². The lowest BCUT2D eigenvalue weighted by atomic mass is 10.1. The summed E-state index contributed by atoms with van der Waals surface area (Å²) in [6.07, 6.45) is 0. The molecule has 20 heavy (non-hydrogen) atoms. The number of aromatic hydroxyl groups is 1. The second-order valence-electron chi connectivity index (χ2n) is 6.38. The summed E-state index contributed by atoms with van der Waals surface area (Å²) in [4.78, 5) is 4.10. The van der Waals surface area contributed by atoms with Crippen LogP contribution in [0.5, 0.6) is 11.6 Å². The van der Waals surface area contributed by atoms with Gasteiger partial charge in [-0.05, 0) is 12.1 Å². The predicted molar refractivity (Wildman–Crippen MR) is 81.0 cm³/mol. The lowest BCUT2D eigenvalue weighted by Gasteiger charge is -2.27. The van der Waals surface area contributed by atoms with Gasteiger partial charge in [-0.1, -0.05) is 19.1 Å². The summed E-state index contributed by atoms with van der Waals surface area (Å²) >= 11 is 0. The highest BCUT2D eigenvalue weighted by atomic mass is 16.5.